The minimum Gasteiger partial charge on any atom is -0.487 e. The molecule has 2 aromatic heterocycles. The van der Waals surface area contributed by atoms with Gasteiger partial charge in [0.1, 0.15) is 4.60 Å². The Balaban J connectivity index is 2.16. The van der Waals surface area contributed by atoms with Crippen molar-refractivity contribution in [2.45, 2.75) is 6.42 Å². The van der Waals surface area contributed by atoms with Gasteiger partial charge in [-0.3, -0.25) is 9.36 Å². The van der Waals surface area contributed by atoms with Gasteiger partial charge in [0.05, 0.1) is 18.5 Å². The maximum Gasteiger partial charge on any atom is 0.297 e. The molecule has 3 rings (SSSR count). The van der Waals surface area contributed by atoms with Crippen molar-refractivity contribution in [3.05, 3.63) is 51.1 Å². The maximum absolute atomic E-state index is 12.1. The molecule has 3 heterocycles. The fraction of sp³-hybridized carbons (Fsp3) is 0.167. The zero-order chi connectivity index (χ0) is 11.8. The zero-order valence-electron chi connectivity index (χ0n) is 8.89. The topological polar surface area (TPSA) is 44.1 Å². The van der Waals surface area contributed by atoms with Gasteiger partial charge in [0.15, 0.2) is 5.75 Å². The number of hydrogen-bond acceptors (Lipinski definition) is 3. The molecular weight excluding hydrogens is 284 g/mol. The molecule has 0 fully saturated rings. The molecule has 0 radical (unpaired) electrons. The summed E-state index contributed by atoms with van der Waals surface area (Å²) in [5.74, 6) is 0.468. The first-order valence-electron chi connectivity index (χ1n) is 5.25. The quantitative estimate of drug-likeness (QED) is 0.755. The molecule has 17 heavy (non-hydrogen) atoms. The zero-order valence-corrected chi connectivity index (χ0v) is 10.5. The van der Waals surface area contributed by atoms with E-state index in [0.29, 0.717) is 12.4 Å². The number of fused-ring (bicyclic) bond motifs is 1. The number of nitrogens with zero attached hydrogens (tertiary/aromatic N) is 2. The van der Waals surface area contributed by atoms with E-state index in [1.54, 1.807) is 23.0 Å². The number of rotatable bonds is 1. The van der Waals surface area contributed by atoms with Crippen LogP contribution in [0.1, 0.15) is 5.56 Å². The van der Waals surface area contributed by atoms with Crippen LogP contribution in [0.25, 0.3) is 5.69 Å². The Morgan fingerprint density at radius 2 is 2.24 bits per heavy atom. The minimum absolute atomic E-state index is 0.121. The van der Waals surface area contributed by atoms with Crippen molar-refractivity contribution in [2.75, 3.05) is 6.61 Å². The molecule has 0 atom stereocenters. The first-order chi connectivity index (χ1) is 8.25. The van der Waals surface area contributed by atoms with Crippen molar-refractivity contribution < 1.29 is 4.74 Å². The second-order valence-corrected chi connectivity index (χ2v) is 4.60. The fourth-order valence-electron chi connectivity index (χ4n) is 1.88. The molecule has 0 saturated carbocycles. The van der Waals surface area contributed by atoms with Crippen molar-refractivity contribution in [1.82, 2.24) is 9.55 Å². The van der Waals surface area contributed by atoms with Crippen molar-refractivity contribution in [1.29, 1.82) is 0 Å². The van der Waals surface area contributed by atoms with Crippen LogP contribution < -0.4 is 10.3 Å². The molecule has 2 aromatic rings. The third-order valence-corrected chi connectivity index (χ3v) is 3.21. The van der Waals surface area contributed by atoms with E-state index in [4.69, 9.17) is 4.74 Å². The van der Waals surface area contributed by atoms with E-state index in [2.05, 4.69) is 20.9 Å². The molecule has 0 amide bonds. The van der Waals surface area contributed by atoms with Gasteiger partial charge in [0.2, 0.25) is 0 Å². The molecule has 0 unspecified atom stereocenters. The summed E-state index contributed by atoms with van der Waals surface area (Å²) in [5.41, 5.74) is 1.59. The Hall–Kier alpha value is -1.62. The summed E-state index contributed by atoms with van der Waals surface area (Å²) in [6, 6.07) is 5.56. The highest BCUT2D eigenvalue weighted by molar-refractivity contribution is 9.10. The van der Waals surface area contributed by atoms with Crippen molar-refractivity contribution in [2.24, 2.45) is 0 Å². The second-order valence-electron chi connectivity index (χ2n) is 3.78. The lowest BCUT2D eigenvalue weighted by Gasteiger charge is -2.07. The number of aromatic nitrogens is 2. The minimum atomic E-state index is -0.121. The van der Waals surface area contributed by atoms with E-state index in [0.717, 1.165) is 22.3 Å². The van der Waals surface area contributed by atoms with Gasteiger partial charge in [-0.25, -0.2) is 4.98 Å². The normalized spacial score (nSPS) is 13.2. The van der Waals surface area contributed by atoms with E-state index in [9.17, 15) is 4.79 Å². The average molecular weight is 293 g/mol. The molecule has 0 saturated heterocycles. The molecule has 0 aliphatic carbocycles. The van der Waals surface area contributed by atoms with Crippen molar-refractivity contribution in [3.63, 3.8) is 0 Å². The Labute approximate surface area is 106 Å². The molecular formula is C12H9BrN2O2. The van der Waals surface area contributed by atoms with Crippen molar-refractivity contribution in [3.8, 4) is 11.4 Å². The lowest BCUT2D eigenvalue weighted by atomic mass is 10.2. The van der Waals surface area contributed by atoms with Crippen LogP contribution in [-0.4, -0.2) is 16.2 Å². The SMILES string of the molecule is O=c1c2c(ccn1-c1ccc(Br)nc1)CCO2. The third-order valence-electron chi connectivity index (χ3n) is 2.74. The van der Waals surface area contributed by atoms with E-state index >= 15 is 0 Å². The summed E-state index contributed by atoms with van der Waals surface area (Å²) in [4.78, 5) is 16.3. The first kappa shape index (κ1) is 10.5. The van der Waals surface area contributed by atoms with E-state index < -0.39 is 0 Å². The number of pyridine rings is 2. The van der Waals surface area contributed by atoms with Gasteiger partial charge < -0.3 is 4.74 Å². The van der Waals surface area contributed by atoms with E-state index in [1.807, 2.05) is 12.1 Å². The van der Waals surface area contributed by atoms with Crippen LogP contribution in [0.4, 0.5) is 0 Å². The largest absolute Gasteiger partial charge is 0.487 e. The van der Waals surface area contributed by atoms with Gasteiger partial charge in [-0.1, -0.05) is 0 Å². The highest BCUT2D eigenvalue weighted by Crippen LogP contribution is 2.20. The molecule has 0 bridgehead atoms. The molecule has 0 N–H and O–H groups in total. The predicted molar refractivity (Wildman–Crippen MR) is 66.7 cm³/mol. The monoisotopic (exact) mass is 292 g/mol. The van der Waals surface area contributed by atoms with Crippen LogP contribution >= 0.6 is 15.9 Å². The molecule has 86 valence electrons. The summed E-state index contributed by atoms with van der Waals surface area (Å²) in [5, 5.41) is 0. The van der Waals surface area contributed by atoms with Gasteiger partial charge in [0, 0.05) is 18.2 Å². The van der Waals surface area contributed by atoms with Crippen LogP contribution in [0, 0.1) is 0 Å². The maximum atomic E-state index is 12.1. The van der Waals surface area contributed by atoms with Gasteiger partial charge >= 0.3 is 0 Å². The van der Waals surface area contributed by atoms with E-state index in [1.165, 1.54) is 0 Å². The smallest absolute Gasteiger partial charge is 0.297 e. The summed E-state index contributed by atoms with van der Waals surface area (Å²) in [6.07, 6.45) is 4.22. The molecule has 0 aromatic carbocycles. The number of hydrogen-bond donors (Lipinski definition) is 0. The number of halogens is 1. The summed E-state index contributed by atoms with van der Waals surface area (Å²) >= 11 is 3.26. The second kappa shape index (κ2) is 4.00. The highest BCUT2D eigenvalue weighted by Gasteiger charge is 2.17. The molecule has 4 nitrogen and oxygen atoms in total. The molecule has 5 heteroatoms. The summed E-state index contributed by atoms with van der Waals surface area (Å²) in [6.45, 7) is 0.590. The van der Waals surface area contributed by atoms with Crippen LogP contribution in [-0.2, 0) is 6.42 Å². The standard InChI is InChI=1S/C12H9BrN2O2/c13-10-2-1-9(7-14-10)15-5-3-8-4-6-17-11(8)12(15)16/h1-3,5,7H,4,6H2. The predicted octanol–water partition coefficient (Wildman–Crippen LogP) is 1.93. The van der Waals surface area contributed by atoms with Gasteiger partial charge in [-0.2, -0.15) is 0 Å². The highest BCUT2D eigenvalue weighted by atomic mass is 79.9. The van der Waals surface area contributed by atoms with Gasteiger partial charge in [0.25, 0.3) is 5.56 Å². The molecule has 1 aliphatic heterocycles. The van der Waals surface area contributed by atoms with Crippen LogP contribution in [0.3, 0.4) is 0 Å². The van der Waals surface area contributed by atoms with Gasteiger partial charge in [-0.15, -0.1) is 0 Å². The summed E-state index contributed by atoms with van der Waals surface area (Å²) < 4.78 is 7.64. The molecule has 1 aliphatic rings. The summed E-state index contributed by atoms with van der Waals surface area (Å²) in [7, 11) is 0. The lowest BCUT2D eigenvalue weighted by molar-refractivity contribution is 0.351. The van der Waals surface area contributed by atoms with Crippen LogP contribution in [0.5, 0.6) is 5.75 Å². The Bertz CT molecular complexity index is 619. The number of ether oxygens (including phenoxy) is 1. The Morgan fingerprint density at radius 3 is 3.00 bits per heavy atom. The van der Waals surface area contributed by atoms with Gasteiger partial charge in [-0.05, 0) is 34.1 Å². The average Bonchev–Trinajstić information content (AvgIpc) is 2.80. The Kier molecular flexibility index (Phi) is 2.48. The third kappa shape index (κ3) is 1.76. The van der Waals surface area contributed by atoms with E-state index in [-0.39, 0.29) is 5.56 Å². The fourth-order valence-corrected chi connectivity index (χ4v) is 2.12. The Morgan fingerprint density at radius 1 is 1.35 bits per heavy atom. The van der Waals surface area contributed by atoms with Crippen molar-refractivity contribution >= 4 is 15.9 Å². The van der Waals surface area contributed by atoms with Crippen LogP contribution in [0.2, 0.25) is 0 Å². The van der Waals surface area contributed by atoms with Crippen LogP contribution in [0.15, 0.2) is 40.0 Å². The lowest BCUT2D eigenvalue weighted by Crippen LogP contribution is -2.18. The molecule has 0 spiro atoms. The first-order valence-corrected chi connectivity index (χ1v) is 6.04.